The summed E-state index contributed by atoms with van der Waals surface area (Å²) < 4.78 is 37.6. The molecule has 0 aromatic carbocycles. The van der Waals surface area contributed by atoms with Crippen molar-refractivity contribution in [3.05, 3.63) is 23.9 Å². The number of Topliss-reactive ketones (excluding diaryl/α,β-unsaturated/α-hetero) is 1. The zero-order valence-corrected chi connectivity index (χ0v) is 10.6. The normalized spacial score (nSPS) is 17.6. The summed E-state index contributed by atoms with van der Waals surface area (Å²) in [5, 5.41) is 0. The van der Waals surface area contributed by atoms with E-state index in [4.69, 9.17) is 0 Å². The number of anilines is 1. The lowest BCUT2D eigenvalue weighted by Crippen LogP contribution is -2.39. The van der Waals surface area contributed by atoms with E-state index in [0.717, 1.165) is 0 Å². The average Bonchev–Trinajstić information content (AvgIpc) is 2.38. The van der Waals surface area contributed by atoms with Crippen LogP contribution in [0.5, 0.6) is 0 Å². The molecular weight excluding hydrogens is 257 g/mol. The van der Waals surface area contributed by atoms with Crippen molar-refractivity contribution in [1.29, 1.82) is 0 Å². The maximum atomic E-state index is 12.5. The minimum Gasteiger partial charge on any atom is -0.357 e. The van der Waals surface area contributed by atoms with E-state index >= 15 is 0 Å². The lowest BCUT2D eigenvalue weighted by molar-refractivity contribution is -0.179. The summed E-state index contributed by atoms with van der Waals surface area (Å²) >= 11 is 0. The molecule has 0 bridgehead atoms. The number of nitrogens with zero attached hydrogens (tertiary/aromatic N) is 2. The molecule has 0 saturated carbocycles. The van der Waals surface area contributed by atoms with Gasteiger partial charge in [-0.25, -0.2) is 4.98 Å². The maximum Gasteiger partial charge on any atom is 0.391 e. The summed E-state index contributed by atoms with van der Waals surface area (Å²) in [6.45, 7) is 2.14. The van der Waals surface area contributed by atoms with Crippen LogP contribution in [0.15, 0.2) is 18.3 Å². The molecular formula is C13H15F3N2O. The average molecular weight is 272 g/mol. The van der Waals surface area contributed by atoms with E-state index < -0.39 is 12.1 Å². The number of rotatable bonds is 2. The zero-order chi connectivity index (χ0) is 14.0. The van der Waals surface area contributed by atoms with Crippen LogP contribution in [0.25, 0.3) is 0 Å². The highest BCUT2D eigenvalue weighted by Crippen LogP contribution is 2.34. The van der Waals surface area contributed by atoms with Gasteiger partial charge in [-0.3, -0.25) is 4.79 Å². The number of pyridine rings is 1. The van der Waals surface area contributed by atoms with Crippen molar-refractivity contribution in [2.24, 2.45) is 5.92 Å². The van der Waals surface area contributed by atoms with Crippen LogP contribution in [0.1, 0.15) is 30.1 Å². The molecule has 2 heterocycles. The van der Waals surface area contributed by atoms with E-state index in [-0.39, 0.29) is 18.6 Å². The second-order valence-electron chi connectivity index (χ2n) is 4.76. The number of ketones is 1. The Morgan fingerprint density at radius 3 is 2.37 bits per heavy atom. The number of carbonyl (C=O) groups excluding carboxylic acids is 1. The van der Waals surface area contributed by atoms with Crippen molar-refractivity contribution in [1.82, 2.24) is 4.98 Å². The third-order valence-corrected chi connectivity index (χ3v) is 3.44. The molecule has 2 rings (SSSR count). The van der Waals surface area contributed by atoms with Gasteiger partial charge in [0, 0.05) is 24.8 Å². The topological polar surface area (TPSA) is 33.2 Å². The molecule has 0 N–H and O–H groups in total. The second-order valence-corrected chi connectivity index (χ2v) is 4.76. The molecule has 6 heteroatoms. The molecule has 0 amide bonds. The second kappa shape index (κ2) is 5.19. The first kappa shape index (κ1) is 13.8. The molecule has 0 unspecified atom stereocenters. The summed E-state index contributed by atoms with van der Waals surface area (Å²) in [6, 6.07) is 3.34. The Bertz CT molecular complexity index is 448. The van der Waals surface area contributed by atoms with Crippen LogP contribution in [0.4, 0.5) is 19.0 Å². The summed E-state index contributed by atoms with van der Waals surface area (Å²) in [5.74, 6) is -0.652. The largest absolute Gasteiger partial charge is 0.391 e. The highest BCUT2D eigenvalue weighted by molar-refractivity contribution is 5.93. The summed E-state index contributed by atoms with van der Waals surface area (Å²) in [7, 11) is 0. The van der Waals surface area contributed by atoms with Gasteiger partial charge in [-0.1, -0.05) is 0 Å². The summed E-state index contributed by atoms with van der Waals surface area (Å²) in [4.78, 5) is 17.1. The Balaban J connectivity index is 2.00. The molecule has 1 aliphatic heterocycles. The quantitative estimate of drug-likeness (QED) is 0.776. The van der Waals surface area contributed by atoms with Crippen molar-refractivity contribution in [3.8, 4) is 0 Å². The predicted octanol–water partition coefficient (Wildman–Crippen LogP) is 3.06. The molecule has 3 nitrogen and oxygen atoms in total. The lowest BCUT2D eigenvalue weighted by Gasteiger charge is -2.33. The van der Waals surface area contributed by atoms with Gasteiger partial charge >= 0.3 is 6.18 Å². The Kier molecular flexibility index (Phi) is 3.78. The SMILES string of the molecule is CC(=O)c1ccc(N2CCC(C(F)(F)F)CC2)nc1. The van der Waals surface area contributed by atoms with E-state index in [1.54, 1.807) is 12.1 Å². The third-order valence-electron chi connectivity index (χ3n) is 3.44. The maximum absolute atomic E-state index is 12.5. The molecule has 0 spiro atoms. The molecule has 1 fully saturated rings. The predicted molar refractivity (Wildman–Crippen MR) is 65.2 cm³/mol. The minimum absolute atomic E-state index is 0.0742. The van der Waals surface area contributed by atoms with E-state index in [0.29, 0.717) is 24.5 Å². The van der Waals surface area contributed by atoms with Crippen LogP contribution in [-0.4, -0.2) is 30.0 Å². The first-order chi connectivity index (χ1) is 8.88. The van der Waals surface area contributed by atoms with Gasteiger partial charge in [-0.2, -0.15) is 13.2 Å². The van der Waals surface area contributed by atoms with Gasteiger partial charge in [0.1, 0.15) is 5.82 Å². The molecule has 104 valence electrons. The molecule has 1 aliphatic rings. The Hall–Kier alpha value is -1.59. The van der Waals surface area contributed by atoms with Gasteiger partial charge in [-0.05, 0) is 31.9 Å². The highest BCUT2D eigenvalue weighted by atomic mass is 19.4. The molecule has 1 aromatic heterocycles. The Labute approximate surface area is 109 Å². The van der Waals surface area contributed by atoms with Crippen molar-refractivity contribution >= 4 is 11.6 Å². The van der Waals surface area contributed by atoms with Gasteiger partial charge < -0.3 is 4.90 Å². The van der Waals surface area contributed by atoms with E-state index in [1.165, 1.54) is 13.1 Å². The van der Waals surface area contributed by atoms with Crippen LogP contribution in [0.3, 0.4) is 0 Å². The summed E-state index contributed by atoms with van der Waals surface area (Å²) in [5.41, 5.74) is 0.508. The van der Waals surface area contributed by atoms with Crippen LogP contribution in [0.2, 0.25) is 0 Å². The fourth-order valence-electron chi connectivity index (χ4n) is 2.22. The fourth-order valence-corrected chi connectivity index (χ4v) is 2.22. The first-order valence-corrected chi connectivity index (χ1v) is 6.16. The van der Waals surface area contributed by atoms with E-state index in [2.05, 4.69) is 4.98 Å². The number of aromatic nitrogens is 1. The molecule has 0 atom stereocenters. The van der Waals surface area contributed by atoms with Crippen molar-refractivity contribution in [2.75, 3.05) is 18.0 Å². The monoisotopic (exact) mass is 272 g/mol. The standard InChI is InChI=1S/C13H15F3N2O/c1-9(19)10-2-3-12(17-8-10)18-6-4-11(5-7-18)13(14,15)16/h2-3,8,11H,4-7H2,1H3. The number of halogens is 3. The lowest BCUT2D eigenvalue weighted by atomic mass is 9.96. The van der Waals surface area contributed by atoms with Crippen LogP contribution < -0.4 is 4.90 Å². The highest BCUT2D eigenvalue weighted by Gasteiger charge is 2.41. The van der Waals surface area contributed by atoms with E-state index in [9.17, 15) is 18.0 Å². The number of piperidine rings is 1. The molecule has 0 radical (unpaired) electrons. The summed E-state index contributed by atoms with van der Waals surface area (Å²) in [6.07, 6.45) is -2.44. The molecule has 0 aliphatic carbocycles. The van der Waals surface area contributed by atoms with Crippen molar-refractivity contribution < 1.29 is 18.0 Å². The molecule has 19 heavy (non-hydrogen) atoms. The van der Waals surface area contributed by atoms with Gasteiger partial charge in [0.05, 0.1) is 5.92 Å². The zero-order valence-electron chi connectivity index (χ0n) is 10.6. The smallest absolute Gasteiger partial charge is 0.357 e. The Morgan fingerprint density at radius 1 is 1.32 bits per heavy atom. The molecule has 1 aromatic rings. The minimum atomic E-state index is -4.10. The van der Waals surface area contributed by atoms with Crippen LogP contribution >= 0.6 is 0 Å². The van der Waals surface area contributed by atoms with Crippen molar-refractivity contribution in [2.45, 2.75) is 25.9 Å². The third kappa shape index (κ3) is 3.24. The van der Waals surface area contributed by atoms with Gasteiger partial charge in [0.15, 0.2) is 5.78 Å². The number of hydrogen-bond donors (Lipinski definition) is 0. The van der Waals surface area contributed by atoms with Crippen LogP contribution in [0, 0.1) is 5.92 Å². The fraction of sp³-hybridized carbons (Fsp3) is 0.538. The van der Waals surface area contributed by atoms with Gasteiger partial charge in [0.25, 0.3) is 0 Å². The number of carbonyl (C=O) groups is 1. The Morgan fingerprint density at radius 2 is 1.95 bits per heavy atom. The van der Waals surface area contributed by atoms with Crippen molar-refractivity contribution in [3.63, 3.8) is 0 Å². The molecule has 1 saturated heterocycles. The van der Waals surface area contributed by atoms with Gasteiger partial charge in [0.2, 0.25) is 0 Å². The van der Waals surface area contributed by atoms with E-state index in [1.807, 2.05) is 4.90 Å². The first-order valence-electron chi connectivity index (χ1n) is 6.16. The van der Waals surface area contributed by atoms with Crippen LogP contribution in [-0.2, 0) is 0 Å². The van der Waals surface area contributed by atoms with Gasteiger partial charge in [-0.15, -0.1) is 0 Å². The number of alkyl halides is 3. The number of hydrogen-bond acceptors (Lipinski definition) is 3.